The SMILES string of the molecule is CC1Oc2ccc(CC(=O)N3C(C)CCCC3C)cc2N(C)C1=O. The summed E-state index contributed by atoms with van der Waals surface area (Å²) in [7, 11) is 1.75. The fourth-order valence-electron chi connectivity index (χ4n) is 3.85. The van der Waals surface area contributed by atoms with Crippen molar-refractivity contribution in [3.8, 4) is 5.75 Å². The van der Waals surface area contributed by atoms with E-state index in [1.165, 1.54) is 6.42 Å². The molecule has 2 heterocycles. The van der Waals surface area contributed by atoms with Gasteiger partial charge >= 0.3 is 0 Å². The van der Waals surface area contributed by atoms with E-state index in [4.69, 9.17) is 4.74 Å². The molecule has 0 aromatic heterocycles. The van der Waals surface area contributed by atoms with E-state index >= 15 is 0 Å². The van der Waals surface area contributed by atoms with Crippen LogP contribution in [0, 0.1) is 0 Å². The molecule has 2 amide bonds. The number of rotatable bonds is 2. The van der Waals surface area contributed by atoms with Gasteiger partial charge in [0.2, 0.25) is 5.91 Å². The molecule has 1 saturated heterocycles. The zero-order valence-electron chi connectivity index (χ0n) is 14.9. The number of benzene rings is 1. The fourth-order valence-corrected chi connectivity index (χ4v) is 3.85. The molecule has 3 atom stereocenters. The molecule has 0 bridgehead atoms. The third-order valence-corrected chi connectivity index (χ3v) is 5.20. The molecule has 2 aliphatic rings. The summed E-state index contributed by atoms with van der Waals surface area (Å²) in [6, 6.07) is 6.28. The molecule has 0 radical (unpaired) electrons. The molecule has 1 aromatic carbocycles. The van der Waals surface area contributed by atoms with Gasteiger partial charge in [-0.15, -0.1) is 0 Å². The lowest BCUT2D eigenvalue weighted by molar-refractivity contribution is -0.136. The third-order valence-electron chi connectivity index (χ3n) is 5.20. The van der Waals surface area contributed by atoms with E-state index in [2.05, 4.69) is 13.8 Å². The summed E-state index contributed by atoms with van der Waals surface area (Å²) < 4.78 is 5.64. The quantitative estimate of drug-likeness (QED) is 0.838. The summed E-state index contributed by atoms with van der Waals surface area (Å²) in [6.45, 7) is 6.00. The van der Waals surface area contributed by atoms with Crippen molar-refractivity contribution in [1.82, 2.24) is 4.90 Å². The summed E-state index contributed by atoms with van der Waals surface area (Å²) in [6.07, 6.45) is 3.23. The number of likely N-dealkylation sites (N-methyl/N-ethyl adjacent to an activating group) is 1. The number of fused-ring (bicyclic) bond motifs is 1. The van der Waals surface area contributed by atoms with Crippen LogP contribution in [0.25, 0.3) is 0 Å². The maximum Gasteiger partial charge on any atom is 0.267 e. The molecule has 0 saturated carbocycles. The standard InChI is InChI=1S/C19H26N2O3/c1-12-6-5-7-13(2)21(12)18(22)11-15-8-9-17-16(10-15)20(4)19(23)14(3)24-17/h8-10,12-14H,5-7,11H2,1-4H3. The minimum absolute atomic E-state index is 0.0655. The predicted octanol–water partition coefficient (Wildman–Crippen LogP) is 2.76. The number of piperidine rings is 1. The normalized spacial score (nSPS) is 26.8. The van der Waals surface area contributed by atoms with Crippen LogP contribution in [0.5, 0.6) is 5.75 Å². The second kappa shape index (κ2) is 6.46. The Hall–Kier alpha value is -2.04. The highest BCUT2D eigenvalue weighted by Crippen LogP contribution is 2.34. The smallest absolute Gasteiger partial charge is 0.267 e. The van der Waals surface area contributed by atoms with Gasteiger partial charge in [0.25, 0.3) is 5.91 Å². The van der Waals surface area contributed by atoms with E-state index in [1.54, 1.807) is 18.9 Å². The van der Waals surface area contributed by atoms with Crippen LogP contribution >= 0.6 is 0 Å². The van der Waals surface area contributed by atoms with Crippen LogP contribution in [0.2, 0.25) is 0 Å². The van der Waals surface area contributed by atoms with Crippen molar-refractivity contribution in [3.63, 3.8) is 0 Å². The maximum atomic E-state index is 12.8. The lowest BCUT2D eigenvalue weighted by Crippen LogP contribution is -2.48. The molecule has 5 heteroatoms. The topological polar surface area (TPSA) is 49.9 Å². The van der Waals surface area contributed by atoms with Crippen molar-refractivity contribution in [1.29, 1.82) is 0 Å². The second-order valence-electron chi connectivity index (χ2n) is 7.07. The first-order valence-electron chi connectivity index (χ1n) is 8.76. The first-order chi connectivity index (χ1) is 11.4. The minimum atomic E-state index is -0.468. The number of carbonyl (C=O) groups is 2. The first kappa shape index (κ1) is 16.8. The number of amides is 2. The van der Waals surface area contributed by atoms with Gasteiger partial charge in [0, 0.05) is 19.1 Å². The number of hydrogen-bond acceptors (Lipinski definition) is 3. The van der Waals surface area contributed by atoms with Gasteiger partial charge in [-0.3, -0.25) is 9.59 Å². The number of hydrogen-bond donors (Lipinski definition) is 0. The van der Waals surface area contributed by atoms with Crippen molar-refractivity contribution < 1.29 is 14.3 Å². The number of carbonyl (C=O) groups excluding carboxylic acids is 2. The lowest BCUT2D eigenvalue weighted by atomic mass is 9.96. The first-order valence-corrected chi connectivity index (χ1v) is 8.76. The number of likely N-dealkylation sites (tertiary alicyclic amines) is 1. The highest BCUT2D eigenvalue weighted by molar-refractivity contribution is 5.99. The van der Waals surface area contributed by atoms with E-state index in [0.29, 0.717) is 24.3 Å². The van der Waals surface area contributed by atoms with Crippen LogP contribution in [0.3, 0.4) is 0 Å². The zero-order valence-corrected chi connectivity index (χ0v) is 14.9. The Labute approximate surface area is 143 Å². The number of nitrogens with zero attached hydrogens (tertiary/aromatic N) is 2. The highest BCUT2D eigenvalue weighted by Gasteiger charge is 2.31. The molecule has 1 aromatic rings. The molecule has 24 heavy (non-hydrogen) atoms. The van der Waals surface area contributed by atoms with Gasteiger partial charge in [-0.25, -0.2) is 0 Å². The average Bonchev–Trinajstić information content (AvgIpc) is 2.53. The summed E-state index contributed by atoms with van der Waals surface area (Å²) >= 11 is 0. The van der Waals surface area contributed by atoms with E-state index in [9.17, 15) is 9.59 Å². The molecular weight excluding hydrogens is 304 g/mol. The van der Waals surface area contributed by atoms with Crippen LogP contribution in [-0.2, 0) is 16.0 Å². The summed E-state index contributed by atoms with van der Waals surface area (Å²) in [5.74, 6) is 0.790. The third kappa shape index (κ3) is 2.99. The van der Waals surface area contributed by atoms with Crippen LogP contribution in [-0.4, -0.2) is 41.9 Å². The molecule has 3 unspecified atom stereocenters. The molecule has 0 N–H and O–H groups in total. The minimum Gasteiger partial charge on any atom is -0.479 e. The summed E-state index contributed by atoms with van der Waals surface area (Å²) in [5.41, 5.74) is 1.66. The van der Waals surface area contributed by atoms with E-state index in [1.807, 2.05) is 23.1 Å². The molecule has 1 fully saturated rings. The monoisotopic (exact) mass is 330 g/mol. The fraction of sp³-hybridized carbons (Fsp3) is 0.579. The highest BCUT2D eigenvalue weighted by atomic mass is 16.5. The molecular formula is C19H26N2O3. The van der Waals surface area contributed by atoms with Crippen molar-refractivity contribution in [2.45, 2.75) is 64.6 Å². The Morgan fingerprint density at radius 2 is 1.88 bits per heavy atom. The number of anilines is 1. The van der Waals surface area contributed by atoms with Gasteiger partial charge in [-0.1, -0.05) is 6.07 Å². The van der Waals surface area contributed by atoms with Crippen LogP contribution < -0.4 is 9.64 Å². The largest absolute Gasteiger partial charge is 0.479 e. The van der Waals surface area contributed by atoms with Gasteiger partial charge in [0.1, 0.15) is 5.75 Å². The maximum absolute atomic E-state index is 12.8. The molecule has 0 spiro atoms. The zero-order chi connectivity index (χ0) is 17.4. The van der Waals surface area contributed by atoms with Gasteiger partial charge in [-0.2, -0.15) is 0 Å². The van der Waals surface area contributed by atoms with Gasteiger partial charge in [0.15, 0.2) is 6.10 Å². The van der Waals surface area contributed by atoms with Crippen molar-refractivity contribution in [2.75, 3.05) is 11.9 Å². The summed E-state index contributed by atoms with van der Waals surface area (Å²) in [5, 5.41) is 0. The van der Waals surface area contributed by atoms with Crippen molar-refractivity contribution in [3.05, 3.63) is 23.8 Å². The van der Waals surface area contributed by atoms with E-state index in [-0.39, 0.29) is 11.8 Å². The van der Waals surface area contributed by atoms with E-state index in [0.717, 1.165) is 24.1 Å². The van der Waals surface area contributed by atoms with Gasteiger partial charge < -0.3 is 14.5 Å². The van der Waals surface area contributed by atoms with Gasteiger partial charge in [0.05, 0.1) is 12.1 Å². The molecule has 130 valence electrons. The van der Waals surface area contributed by atoms with Gasteiger partial charge in [-0.05, 0) is 57.7 Å². The molecule has 3 rings (SSSR count). The second-order valence-corrected chi connectivity index (χ2v) is 7.07. The van der Waals surface area contributed by atoms with Crippen LogP contribution in [0.1, 0.15) is 45.6 Å². The van der Waals surface area contributed by atoms with Crippen LogP contribution in [0.15, 0.2) is 18.2 Å². The molecule has 2 aliphatic heterocycles. The lowest BCUT2D eigenvalue weighted by Gasteiger charge is -2.39. The Bertz CT molecular complexity index is 648. The number of ether oxygens (including phenoxy) is 1. The van der Waals surface area contributed by atoms with Crippen molar-refractivity contribution in [2.24, 2.45) is 0 Å². The Morgan fingerprint density at radius 1 is 1.21 bits per heavy atom. The summed E-state index contributed by atoms with van der Waals surface area (Å²) in [4.78, 5) is 28.5. The predicted molar refractivity (Wildman–Crippen MR) is 93.3 cm³/mol. The molecule has 0 aliphatic carbocycles. The molecule has 5 nitrogen and oxygen atoms in total. The van der Waals surface area contributed by atoms with E-state index < -0.39 is 6.10 Å². The van der Waals surface area contributed by atoms with Crippen LogP contribution in [0.4, 0.5) is 5.69 Å². The Balaban J connectivity index is 1.79. The Kier molecular flexibility index (Phi) is 4.52. The van der Waals surface area contributed by atoms with Crippen molar-refractivity contribution >= 4 is 17.5 Å². The Morgan fingerprint density at radius 3 is 2.54 bits per heavy atom. The average molecular weight is 330 g/mol.